The van der Waals surface area contributed by atoms with Gasteiger partial charge in [-0.25, -0.2) is 0 Å². The fourth-order valence-corrected chi connectivity index (χ4v) is 1.63. The average molecular weight is 319 g/mol. The Bertz CT molecular complexity index is 123. The van der Waals surface area contributed by atoms with Crippen LogP contribution in [0, 0.1) is 6.92 Å². The first-order chi connectivity index (χ1) is 4.81. The molecule has 13 heavy (non-hydrogen) atoms. The smallest absolute Gasteiger partial charge is 0.191 e. The second-order valence-electron chi connectivity index (χ2n) is 4.46. The topological polar surface area (TPSA) is 9.23 Å². The van der Waals surface area contributed by atoms with Crippen LogP contribution < -0.4 is 17.0 Å². The zero-order chi connectivity index (χ0) is 9.12. The molecule has 0 heterocycles. The summed E-state index contributed by atoms with van der Waals surface area (Å²) < 4.78 is 5.82. The van der Waals surface area contributed by atoms with Crippen molar-refractivity contribution in [3.63, 3.8) is 0 Å². The summed E-state index contributed by atoms with van der Waals surface area (Å²) in [6.45, 7) is 15.9. The van der Waals surface area contributed by atoms with Gasteiger partial charge in [0.05, 0.1) is 0 Å². The van der Waals surface area contributed by atoms with Gasteiger partial charge in [0, 0.05) is 26.1 Å². The Morgan fingerprint density at radius 1 is 1.23 bits per heavy atom. The van der Waals surface area contributed by atoms with E-state index in [1.54, 1.807) is 0 Å². The number of hydrogen-bond donors (Lipinski definition) is 0. The second-order valence-corrected chi connectivity index (χ2v) is 9.27. The molecule has 0 spiro atoms. The minimum atomic E-state index is -1.47. The molecule has 0 bridgehead atoms. The first-order valence-corrected chi connectivity index (χ1v) is 7.15. The molecule has 4 heteroatoms. The van der Waals surface area contributed by atoms with Crippen LogP contribution in [0.2, 0.25) is 18.1 Å². The van der Waals surface area contributed by atoms with Crippen LogP contribution in [0.25, 0.3) is 0 Å². The van der Waals surface area contributed by atoms with Gasteiger partial charge < -0.3 is 21.4 Å². The Hall–Kier alpha value is 1.28. The summed E-state index contributed by atoms with van der Waals surface area (Å²) in [5.41, 5.74) is 0. The van der Waals surface area contributed by atoms with Gasteiger partial charge in [-0.05, 0) is 24.6 Å². The van der Waals surface area contributed by atoms with E-state index in [0.717, 1.165) is 13.0 Å². The minimum absolute atomic E-state index is 0. The van der Waals surface area contributed by atoms with Gasteiger partial charge in [0.2, 0.25) is 0 Å². The van der Waals surface area contributed by atoms with Crippen LogP contribution in [-0.2, 0) is 23.9 Å². The summed E-state index contributed by atoms with van der Waals surface area (Å²) in [5, 5.41) is 0.335. The molecule has 1 radical (unpaired) electrons. The zero-order valence-corrected chi connectivity index (χ0v) is 15.2. The Labute approximate surface area is 108 Å². The van der Waals surface area contributed by atoms with Crippen LogP contribution in [-0.4, -0.2) is 14.9 Å². The number of hydrogen-bond acceptors (Lipinski definition) is 1. The van der Waals surface area contributed by atoms with E-state index < -0.39 is 8.32 Å². The maximum absolute atomic E-state index is 5.82. The van der Waals surface area contributed by atoms with Crippen molar-refractivity contribution < 1.29 is 40.9 Å². The summed E-state index contributed by atoms with van der Waals surface area (Å²) in [4.78, 5) is 0. The van der Waals surface area contributed by atoms with Crippen LogP contribution in [0.15, 0.2) is 0 Å². The molecular weight excluding hydrogens is 297 g/mol. The second kappa shape index (κ2) is 7.56. The molecule has 0 saturated carbocycles. The Morgan fingerprint density at radius 2 is 1.62 bits per heavy atom. The third-order valence-corrected chi connectivity index (χ3v) is 6.95. The van der Waals surface area contributed by atoms with Crippen molar-refractivity contribution in [2.45, 2.75) is 45.3 Å². The third kappa shape index (κ3) is 7.24. The minimum Gasteiger partial charge on any atom is -1.00 e. The molecule has 0 aromatic rings. The molecular formula is C9H21BrOSiZn-. The van der Waals surface area contributed by atoms with Crippen LogP contribution in [0.5, 0.6) is 0 Å². The average Bonchev–Trinajstić information content (AvgIpc) is 1.81. The predicted octanol–water partition coefficient (Wildman–Crippen LogP) is 0.234. The number of rotatable bonds is 3. The van der Waals surface area contributed by atoms with Crippen LogP contribution in [0.1, 0.15) is 27.2 Å². The quantitative estimate of drug-likeness (QED) is 0.677. The van der Waals surface area contributed by atoms with Gasteiger partial charge in [0.1, 0.15) is 0 Å². The van der Waals surface area contributed by atoms with Gasteiger partial charge in [0.15, 0.2) is 8.32 Å². The van der Waals surface area contributed by atoms with Gasteiger partial charge in [-0.2, -0.15) is 0 Å². The van der Waals surface area contributed by atoms with E-state index in [1.807, 2.05) is 0 Å². The first-order valence-electron chi connectivity index (χ1n) is 4.24. The summed E-state index contributed by atoms with van der Waals surface area (Å²) in [6.07, 6.45) is 0.881. The molecule has 0 unspecified atom stereocenters. The third-order valence-electron chi connectivity index (χ3n) is 2.41. The molecule has 1 nitrogen and oxygen atoms in total. The predicted molar refractivity (Wildman–Crippen MR) is 53.1 cm³/mol. The molecule has 0 N–H and O–H groups in total. The molecule has 0 rings (SSSR count). The van der Waals surface area contributed by atoms with Crippen molar-refractivity contribution in [3.05, 3.63) is 6.92 Å². The molecule has 0 atom stereocenters. The largest absolute Gasteiger partial charge is 1.00 e. The van der Waals surface area contributed by atoms with Crippen molar-refractivity contribution >= 4 is 8.32 Å². The monoisotopic (exact) mass is 316 g/mol. The molecule has 0 aromatic carbocycles. The van der Waals surface area contributed by atoms with E-state index in [4.69, 9.17) is 4.43 Å². The van der Waals surface area contributed by atoms with Gasteiger partial charge in [-0.15, -0.1) is 0 Å². The van der Waals surface area contributed by atoms with Crippen LogP contribution in [0.4, 0.5) is 0 Å². The Morgan fingerprint density at radius 3 is 1.85 bits per heavy atom. The molecule has 0 fully saturated rings. The summed E-state index contributed by atoms with van der Waals surface area (Å²) in [6, 6.07) is 0. The van der Waals surface area contributed by atoms with Crippen LogP contribution >= 0.6 is 0 Å². The first kappa shape index (κ1) is 19.8. The van der Waals surface area contributed by atoms with Crippen molar-refractivity contribution in [1.29, 1.82) is 0 Å². The van der Waals surface area contributed by atoms with Crippen molar-refractivity contribution in [1.82, 2.24) is 0 Å². The molecule has 0 aromatic heterocycles. The Kier molecular flexibility index (Phi) is 11.5. The summed E-state index contributed by atoms with van der Waals surface area (Å²) in [5.74, 6) is 0. The summed E-state index contributed by atoms with van der Waals surface area (Å²) in [7, 11) is -1.47. The van der Waals surface area contributed by atoms with Crippen molar-refractivity contribution in [2.75, 3.05) is 6.61 Å². The molecule has 0 aliphatic carbocycles. The van der Waals surface area contributed by atoms with E-state index in [1.165, 1.54) is 0 Å². The van der Waals surface area contributed by atoms with E-state index >= 15 is 0 Å². The molecule has 0 amide bonds. The molecule has 77 valence electrons. The normalized spacial score (nSPS) is 11.5. The fourth-order valence-electron chi connectivity index (χ4n) is 0.544. The van der Waals surface area contributed by atoms with Gasteiger partial charge in [-0.3, -0.25) is 0 Å². The van der Waals surface area contributed by atoms with E-state index in [2.05, 4.69) is 40.8 Å². The van der Waals surface area contributed by atoms with Gasteiger partial charge >= 0.3 is 0 Å². The molecule has 0 saturated heterocycles. The van der Waals surface area contributed by atoms with Gasteiger partial charge in [0.25, 0.3) is 0 Å². The van der Waals surface area contributed by atoms with Crippen molar-refractivity contribution in [2.24, 2.45) is 0 Å². The molecule has 0 aliphatic heterocycles. The standard InChI is InChI=1S/C9H21OSi.BrH.Zn/c1-7-8-10-11(5,6)9(2,3)4;;/h1,7-8H2,2-6H3;1H;/p-1. The van der Waals surface area contributed by atoms with E-state index in [-0.39, 0.29) is 36.5 Å². The van der Waals surface area contributed by atoms with E-state index in [0.29, 0.717) is 5.04 Å². The Balaban J connectivity index is -0.000000500. The van der Waals surface area contributed by atoms with Crippen molar-refractivity contribution in [3.8, 4) is 0 Å². The maximum atomic E-state index is 5.82. The van der Waals surface area contributed by atoms with Gasteiger partial charge in [-0.1, -0.05) is 27.7 Å². The summed E-state index contributed by atoms with van der Waals surface area (Å²) >= 11 is 0. The fraction of sp³-hybridized carbons (Fsp3) is 0.889. The zero-order valence-electron chi connectivity index (χ0n) is 9.61. The number of halogens is 1. The maximum Gasteiger partial charge on any atom is 0.191 e. The van der Waals surface area contributed by atoms with Crippen LogP contribution in [0.3, 0.4) is 0 Å². The van der Waals surface area contributed by atoms with E-state index in [9.17, 15) is 0 Å². The molecule has 0 aliphatic rings. The SMILES string of the molecule is [Br-].[CH2]CCO[Si](C)(C)C(C)(C)C.[Zn].